The molecular weight excluding hydrogens is 323 g/mol. The van der Waals surface area contributed by atoms with Crippen LogP contribution in [0.4, 0.5) is 24.5 Å². The average Bonchev–Trinajstić information content (AvgIpc) is 2.31. The number of hydrogen-bond acceptors (Lipinski definition) is 3. The second kappa shape index (κ2) is 5.58. The number of hydrogen-bond donors (Lipinski definition) is 1. The van der Waals surface area contributed by atoms with Crippen molar-refractivity contribution >= 4 is 27.3 Å². The molecule has 7 heteroatoms. The summed E-state index contributed by atoms with van der Waals surface area (Å²) in [4.78, 5) is 3.44. The second-order valence-corrected chi connectivity index (χ2v) is 5.50. The van der Waals surface area contributed by atoms with Gasteiger partial charge in [0.15, 0.2) is 0 Å². The lowest BCUT2D eigenvalue weighted by Crippen LogP contribution is -2.49. The monoisotopic (exact) mass is 337 g/mol. The van der Waals surface area contributed by atoms with E-state index in [1.807, 2.05) is 17.0 Å². The van der Waals surface area contributed by atoms with Crippen molar-refractivity contribution in [3.63, 3.8) is 0 Å². The normalized spacial score (nSPS) is 17.8. The maximum Gasteiger partial charge on any atom is 0.401 e. The molecule has 0 aromatic heterocycles. The third kappa shape index (κ3) is 4.01. The number of benzene rings is 1. The van der Waals surface area contributed by atoms with Crippen molar-refractivity contribution in [3.05, 3.63) is 22.7 Å². The molecule has 0 spiro atoms. The summed E-state index contributed by atoms with van der Waals surface area (Å²) in [5, 5.41) is 0. The van der Waals surface area contributed by atoms with E-state index in [2.05, 4.69) is 15.9 Å². The molecule has 0 aliphatic carbocycles. The average molecular weight is 338 g/mol. The van der Waals surface area contributed by atoms with Crippen molar-refractivity contribution < 1.29 is 13.2 Å². The largest absolute Gasteiger partial charge is 0.401 e. The lowest BCUT2D eigenvalue weighted by atomic mass is 10.2. The molecule has 19 heavy (non-hydrogen) atoms. The Bertz CT molecular complexity index is 442. The van der Waals surface area contributed by atoms with E-state index < -0.39 is 12.7 Å². The highest BCUT2D eigenvalue weighted by atomic mass is 79.9. The van der Waals surface area contributed by atoms with Crippen LogP contribution in [0.15, 0.2) is 22.7 Å². The smallest absolute Gasteiger partial charge is 0.397 e. The van der Waals surface area contributed by atoms with Gasteiger partial charge in [0.05, 0.1) is 17.9 Å². The minimum absolute atomic E-state index is 0.394. The van der Waals surface area contributed by atoms with Crippen molar-refractivity contribution in [2.24, 2.45) is 0 Å². The summed E-state index contributed by atoms with van der Waals surface area (Å²) in [5.41, 5.74) is 7.42. The summed E-state index contributed by atoms with van der Waals surface area (Å²) in [7, 11) is 0. The lowest BCUT2D eigenvalue weighted by molar-refractivity contribution is -0.146. The fraction of sp³-hybridized carbons (Fsp3) is 0.500. The molecule has 0 unspecified atom stereocenters. The Kier molecular flexibility index (Phi) is 4.25. The molecule has 1 aliphatic rings. The fourth-order valence-electron chi connectivity index (χ4n) is 2.19. The lowest BCUT2D eigenvalue weighted by Gasteiger charge is -2.36. The number of anilines is 2. The molecule has 0 bridgehead atoms. The first kappa shape index (κ1) is 14.5. The molecule has 1 aliphatic heterocycles. The summed E-state index contributed by atoms with van der Waals surface area (Å²) in [6.45, 7) is 1.05. The van der Waals surface area contributed by atoms with E-state index >= 15 is 0 Å². The van der Waals surface area contributed by atoms with Gasteiger partial charge in [0.1, 0.15) is 0 Å². The number of alkyl halides is 3. The van der Waals surface area contributed by atoms with Crippen molar-refractivity contribution in [1.29, 1.82) is 0 Å². The minimum atomic E-state index is -4.13. The van der Waals surface area contributed by atoms with Crippen molar-refractivity contribution in [2.45, 2.75) is 6.18 Å². The van der Waals surface area contributed by atoms with Gasteiger partial charge in [-0.3, -0.25) is 4.90 Å². The van der Waals surface area contributed by atoms with Crippen LogP contribution in [0.1, 0.15) is 0 Å². The van der Waals surface area contributed by atoms with E-state index in [1.54, 1.807) is 6.07 Å². The van der Waals surface area contributed by atoms with Gasteiger partial charge in [-0.25, -0.2) is 0 Å². The molecule has 1 saturated heterocycles. The van der Waals surface area contributed by atoms with Crippen molar-refractivity contribution in [3.8, 4) is 0 Å². The molecule has 106 valence electrons. The zero-order valence-corrected chi connectivity index (χ0v) is 11.8. The van der Waals surface area contributed by atoms with Crippen molar-refractivity contribution in [2.75, 3.05) is 43.4 Å². The summed E-state index contributed by atoms with van der Waals surface area (Å²) in [5.74, 6) is 0. The highest BCUT2D eigenvalue weighted by molar-refractivity contribution is 9.10. The Hall–Kier alpha value is -0.950. The van der Waals surface area contributed by atoms with Crippen LogP contribution in [0, 0.1) is 0 Å². The van der Waals surface area contributed by atoms with Crippen LogP contribution in [0.2, 0.25) is 0 Å². The molecule has 0 atom stereocenters. The zero-order valence-electron chi connectivity index (χ0n) is 10.3. The third-order valence-corrected chi connectivity index (χ3v) is 3.60. The molecule has 2 N–H and O–H groups in total. The Morgan fingerprint density at radius 1 is 1.16 bits per heavy atom. The molecular formula is C12H15BrF3N3. The number of nitrogens with zero attached hydrogens (tertiary/aromatic N) is 2. The van der Waals surface area contributed by atoms with E-state index in [-0.39, 0.29) is 0 Å². The van der Waals surface area contributed by atoms with E-state index in [0.717, 1.165) is 10.2 Å². The van der Waals surface area contributed by atoms with E-state index in [1.165, 1.54) is 4.90 Å². The SMILES string of the molecule is Nc1ccc(Br)cc1N1CCN(CC(F)(F)F)CC1. The van der Waals surface area contributed by atoms with Crippen LogP contribution in [0.5, 0.6) is 0 Å². The quantitative estimate of drug-likeness (QED) is 0.842. The van der Waals surface area contributed by atoms with Gasteiger partial charge in [-0.05, 0) is 18.2 Å². The highest BCUT2D eigenvalue weighted by Gasteiger charge is 2.32. The fourth-order valence-corrected chi connectivity index (χ4v) is 2.54. The zero-order chi connectivity index (χ0) is 14.0. The van der Waals surface area contributed by atoms with Gasteiger partial charge in [-0.2, -0.15) is 13.2 Å². The van der Waals surface area contributed by atoms with Crippen LogP contribution < -0.4 is 10.6 Å². The predicted octanol–water partition coefficient (Wildman–Crippen LogP) is 2.72. The number of halogens is 4. The number of piperazine rings is 1. The van der Waals surface area contributed by atoms with Crippen LogP contribution >= 0.6 is 15.9 Å². The van der Waals surface area contributed by atoms with Crippen LogP contribution in [0.25, 0.3) is 0 Å². The van der Waals surface area contributed by atoms with E-state index in [0.29, 0.717) is 31.9 Å². The van der Waals surface area contributed by atoms with Crippen molar-refractivity contribution in [1.82, 2.24) is 4.90 Å². The molecule has 1 heterocycles. The third-order valence-electron chi connectivity index (χ3n) is 3.11. The van der Waals surface area contributed by atoms with Crippen LogP contribution in [-0.4, -0.2) is 43.8 Å². The summed E-state index contributed by atoms with van der Waals surface area (Å²) < 4.78 is 37.8. The second-order valence-electron chi connectivity index (χ2n) is 4.58. The molecule has 3 nitrogen and oxygen atoms in total. The Morgan fingerprint density at radius 3 is 2.37 bits per heavy atom. The Labute approximate surface area is 118 Å². The van der Waals surface area contributed by atoms with E-state index in [4.69, 9.17) is 5.73 Å². The van der Waals surface area contributed by atoms with Gasteiger partial charge in [0.2, 0.25) is 0 Å². The molecule has 2 rings (SSSR count). The molecule has 0 saturated carbocycles. The Morgan fingerprint density at radius 2 is 1.79 bits per heavy atom. The van der Waals surface area contributed by atoms with Gasteiger partial charge in [0, 0.05) is 30.7 Å². The van der Waals surface area contributed by atoms with Gasteiger partial charge in [-0.1, -0.05) is 15.9 Å². The standard InChI is InChI=1S/C12H15BrF3N3/c13-9-1-2-10(17)11(7-9)19-5-3-18(4-6-19)8-12(14,15)16/h1-2,7H,3-6,8,17H2. The first-order valence-electron chi connectivity index (χ1n) is 5.94. The van der Waals surface area contributed by atoms with Gasteiger partial charge in [0.25, 0.3) is 0 Å². The molecule has 1 fully saturated rings. The number of rotatable bonds is 2. The highest BCUT2D eigenvalue weighted by Crippen LogP contribution is 2.28. The topological polar surface area (TPSA) is 32.5 Å². The maximum atomic E-state index is 12.3. The predicted molar refractivity (Wildman–Crippen MR) is 73.3 cm³/mol. The van der Waals surface area contributed by atoms with Crippen LogP contribution in [0.3, 0.4) is 0 Å². The first-order valence-corrected chi connectivity index (χ1v) is 6.73. The van der Waals surface area contributed by atoms with Gasteiger partial charge in [-0.15, -0.1) is 0 Å². The van der Waals surface area contributed by atoms with E-state index in [9.17, 15) is 13.2 Å². The molecule has 0 radical (unpaired) electrons. The maximum absolute atomic E-state index is 12.3. The Balaban J connectivity index is 1.98. The molecule has 1 aromatic rings. The summed E-state index contributed by atoms with van der Waals surface area (Å²) in [6.07, 6.45) is -4.13. The summed E-state index contributed by atoms with van der Waals surface area (Å²) in [6, 6.07) is 5.54. The van der Waals surface area contributed by atoms with Gasteiger partial charge < -0.3 is 10.6 Å². The van der Waals surface area contributed by atoms with Crippen LogP contribution in [-0.2, 0) is 0 Å². The first-order chi connectivity index (χ1) is 8.85. The molecule has 1 aromatic carbocycles. The molecule has 0 amide bonds. The summed E-state index contributed by atoms with van der Waals surface area (Å²) >= 11 is 3.37. The number of nitrogen functional groups attached to an aromatic ring is 1. The van der Waals surface area contributed by atoms with Gasteiger partial charge >= 0.3 is 6.18 Å². The number of nitrogens with two attached hydrogens (primary N) is 1. The minimum Gasteiger partial charge on any atom is -0.397 e.